The summed E-state index contributed by atoms with van der Waals surface area (Å²) < 4.78 is 0. The Hall–Kier alpha value is -0.590. The molecule has 0 spiro atoms. The van der Waals surface area contributed by atoms with E-state index in [2.05, 4.69) is 20.8 Å². The summed E-state index contributed by atoms with van der Waals surface area (Å²) in [5.74, 6) is 0. The number of carbonyl (C=O) groups is 1. The first-order valence-electron chi connectivity index (χ1n) is 4.19. The summed E-state index contributed by atoms with van der Waals surface area (Å²) in [4.78, 5) is 10.7. The minimum atomic E-state index is -0.0490. The van der Waals surface area contributed by atoms with Crippen molar-refractivity contribution in [2.45, 2.75) is 40.0 Å². The van der Waals surface area contributed by atoms with E-state index in [4.69, 9.17) is 0 Å². The van der Waals surface area contributed by atoms with E-state index in [1.54, 1.807) is 0 Å². The Labute approximate surface area is 68.5 Å². The summed E-state index contributed by atoms with van der Waals surface area (Å²) in [5.41, 5.74) is 2.84. The quantitative estimate of drug-likeness (QED) is 0.417. The normalized spacial score (nSPS) is 30.6. The summed E-state index contributed by atoms with van der Waals surface area (Å²) in [6, 6.07) is 0. The van der Waals surface area contributed by atoms with Crippen molar-refractivity contribution in [2.24, 2.45) is 5.41 Å². The van der Waals surface area contributed by atoms with Crippen LogP contribution in [0.25, 0.3) is 0 Å². The van der Waals surface area contributed by atoms with Gasteiger partial charge >= 0.3 is 0 Å². The Balaban J connectivity index is 2.75. The number of hydrogen-bond acceptors (Lipinski definition) is 1. The predicted molar refractivity (Wildman–Crippen MR) is 46.4 cm³/mol. The molecule has 1 unspecified atom stereocenters. The van der Waals surface area contributed by atoms with Gasteiger partial charge in [0.2, 0.25) is 0 Å². The number of carbonyl (C=O) groups excluding carboxylic acids is 1. The Kier molecular flexibility index (Phi) is 2.17. The lowest BCUT2D eigenvalue weighted by Crippen LogP contribution is -2.11. The van der Waals surface area contributed by atoms with Crippen LogP contribution in [0.5, 0.6) is 0 Å². The highest BCUT2D eigenvalue weighted by atomic mass is 16.1. The molecule has 0 aliphatic heterocycles. The number of allylic oxidation sites excluding steroid dienone is 2. The summed E-state index contributed by atoms with van der Waals surface area (Å²) >= 11 is 0. The van der Waals surface area contributed by atoms with E-state index in [0.29, 0.717) is 0 Å². The maximum absolute atomic E-state index is 10.7. The summed E-state index contributed by atoms with van der Waals surface area (Å²) in [7, 11) is 0. The molecule has 0 radical (unpaired) electrons. The van der Waals surface area contributed by atoms with Crippen LogP contribution in [0.2, 0.25) is 0 Å². The smallest absolute Gasteiger partial charge is 0.126 e. The van der Waals surface area contributed by atoms with Gasteiger partial charge in [-0.1, -0.05) is 18.1 Å². The van der Waals surface area contributed by atoms with Crippen LogP contribution in [0.1, 0.15) is 40.0 Å². The molecule has 1 fully saturated rings. The first-order valence-corrected chi connectivity index (χ1v) is 4.19. The van der Waals surface area contributed by atoms with Gasteiger partial charge in [0.05, 0.1) is 0 Å². The SMILES string of the molecule is CC(C)=C1CCC(C)(C=O)C1. The summed E-state index contributed by atoms with van der Waals surface area (Å²) in [6.07, 6.45) is 4.26. The van der Waals surface area contributed by atoms with Gasteiger partial charge in [0.25, 0.3) is 0 Å². The summed E-state index contributed by atoms with van der Waals surface area (Å²) in [5, 5.41) is 0. The molecule has 0 aromatic rings. The average Bonchev–Trinajstić information content (AvgIpc) is 2.33. The third-order valence-corrected chi connectivity index (χ3v) is 2.61. The van der Waals surface area contributed by atoms with E-state index < -0.39 is 0 Å². The third-order valence-electron chi connectivity index (χ3n) is 2.61. The topological polar surface area (TPSA) is 17.1 Å². The van der Waals surface area contributed by atoms with Crippen LogP contribution in [0.15, 0.2) is 11.1 Å². The summed E-state index contributed by atoms with van der Waals surface area (Å²) in [6.45, 7) is 6.31. The molecular weight excluding hydrogens is 136 g/mol. The predicted octanol–water partition coefficient (Wildman–Crippen LogP) is 2.71. The van der Waals surface area contributed by atoms with Crippen molar-refractivity contribution in [2.75, 3.05) is 0 Å². The minimum Gasteiger partial charge on any atom is -0.303 e. The van der Waals surface area contributed by atoms with E-state index in [9.17, 15) is 4.79 Å². The zero-order chi connectivity index (χ0) is 8.48. The first kappa shape index (κ1) is 8.51. The second-order valence-corrected chi connectivity index (χ2v) is 4.05. The lowest BCUT2D eigenvalue weighted by atomic mass is 9.90. The second-order valence-electron chi connectivity index (χ2n) is 4.05. The van der Waals surface area contributed by atoms with Crippen LogP contribution in [-0.2, 0) is 4.79 Å². The Morgan fingerprint density at radius 1 is 1.55 bits per heavy atom. The van der Waals surface area contributed by atoms with Crippen LogP contribution in [-0.4, -0.2) is 6.29 Å². The van der Waals surface area contributed by atoms with E-state index in [-0.39, 0.29) is 5.41 Å². The second kappa shape index (κ2) is 2.80. The van der Waals surface area contributed by atoms with Crippen molar-refractivity contribution < 1.29 is 4.79 Å². The van der Waals surface area contributed by atoms with Gasteiger partial charge in [0, 0.05) is 5.41 Å². The van der Waals surface area contributed by atoms with E-state index in [1.165, 1.54) is 11.1 Å². The minimum absolute atomic E-state index is 0.0490. The van der Waals surface area contributed by atoms with Gasteiger partial charge in [-0.2, -0.15) is 0 Å². The van der Waals surface area contributed by atoms with Gasteiger partial charge in [-0.3, -0.25) is 0 Å². The lowest BCUT2D eigenvalue weighted by Gasteiger charge is -2.12. The van der Waals surface area contributed by atoms with E-state index >= 15 is 0 Å². The van der Waals surface area contributed by atoms with Gasteiger partial charge in [-0.05, 0) is 33.1 Å². The zero-order valence-electron chi connectivity index (χ0n) is 7.61. The molecule has 0 amide bonds. The van der Waals surface area contributed by atoms with E-state index in [0.717, 1.165) is 25.5 Å². The maximum atomic E-state index is 10.7. The van der Waals surface area contributed by atoms with Crippen molar-refractivity contribution in [1.29, 1.82) is 0 Å². The van der Waals surface area contributed by atoms with Gasteiger partial charge in [-0.15, -0.1) is 0 Å². The molecule has 0 aromatic heterocycles. The van der Waals surface area contributed by atoms with Crippen LogP contribution in [0.4, 0.5) is 0 Å². The fraction of sp³-hybridized carbons (Fsp3) is 0.700. The van der Waals surface area contributed by atoms with E-state index in [1.807, 2.05) is 0 Å². The zero-order valence-corrected chi connectivity index (χ0v) is 7.61. The highest BCUT2D eigenvalue weighted by molar-refractivity contribution is 5.60. The van der Waals surface area contributed by atoms with Crippen LogP contribution >= 0.6 is 0 Å². The largest absolute Gasteiger partial charge is 0.303 e. The monoisotopic (exact) mass is 152 g/mol. The Bertz CT molecular complexity index is 199. The van der Waals surface area contributed by atoms with Crippen LogP contribution in [0, 0.1) is 5.41 Å². The molecule has 0 aromatic carbocycles. The van der Waals surface area contributed by atoms with Gasteiger partial charge in [-0.25, -0.2) is 0 Å². The molecule has 0 bridgehead atoms. The van der Waals surface area contributed by atoms with Crippen LogP contribution < -0.4 is 0 Å². The Morgan fingerprint density at radius 2 is 2.18 bits per heavy atom. The maximum Gasteiger partial charge on any atom is 0.126 e. The number of aldehydes is 1. The molecular formula is C10H16O. The number of rotatable bonds is 1. The Morgan fingerprint density at radius 3 is 2.45 bits per heavy atom. The van der Waals surface area contributed by atoms with Crippen molar-refractivity contribution in [1.82, 2.24) is 0 Å². The van der Waals surface area contributed by atoms with Crippen LogP contribution in [0.3, 0.4) is 0 Å². The molecule has 1 aliphatic rings. The third kappa shape index (κ3) is 1.70. The van der Waals surface area contributed by atoms with Crippen molar-refractivity contribution in [3.63, 3.8) is 0 Å². The van der Waals surface area contributed by atoms with Gasteiger partial charge < -0.3 is 4.79 Å². The highest BCUT2D eigenvalue weighted by Gasteiger charge is 2.31. The van der Waals surface area contributed by atoms with Crippen molar-refractivity contribution >= 4 is 6.29 Å². The molecule has 0 N–H and O–H groups in total. The highest BCUT2D eigenvalue weighted by Crippen LogP contribution is 2.40. The molecule has 1 aliphatic carbocycles. The lowest BCUT2D eigenvalue weighted by molar-refractivity contribution is -0.115. The molecule has 1 atom stereocenters. The molecule has 1 nitrogen and oxygen atoms in total. The standard InChI is InChI=1S/C10H16O/c1-8(2)9-4-5-10(3,6-9)7-11/h7H,4-6H2,1-3H3. The molecule has 1 rings (SSSR count). The number of hydrogen-bond donors (Lipinski definition) is 0. The fourth-order valence-electron chi connectivity index (χ4n) is 1.63. The molecule has 1 heteroatoms. The molecule has 1 saturated carbocycles. The van der Waals surface area contributed by atoms with Gasteiger partial charge in [0.15, 0.2) is 0 Å². The van der Waals surface area contributed by atoms with Crippen molar-refractivity contribution in [3.8, 4) is 0 Å². The molecule has 11 heavy (non-hydrogen) atoms. The van der Waals surface area contributed by atoms with Crippen molar-refractivity contribution in [3.05, 3.63) is 11.1 Å². The van der Waals surface area contributed by atoms with Gasteiger partial charge in [0.1, 0.15) is 6.29 Å². The fourth-order valence-corrected chi connectivity index (χ4v) is 1.63. The molecule has 62 valence electrons. The molecule has 0 saturated heterocycles. The average molecular weight is 152 g/mol. The molecule has 0 heterocycles. The first-order chi connectivity index (χ1) is 5.07.